The summed E-state index contributed by atoms with van der Waals surface area (Å²) in [6.45, 7) is 3.04. The molecule has 1 atom stereocenters. The minimum absolute atomic E-state index is 0.157. The van der Waals surface area contributed by atoms with Crippen molar-refractivity contribution in [2.24, 2.45) is 0 Å². The van der Waals surface area contributed by atoms with Crippen LogP contribution in [0.5, 0.6) is 0 Å². The lowest BCUT2D eigenvalue weighted by molar-refractivity contribution is -0.133. The predicted octanol–water partition coefficient (Wildman–Crippen LogP) is 2.16. The molecule has 3 heterocycles. The van der Waals surface area contributed by atoms with Gasteiger partial charge in [-0.05, 0) is 47.3 Å². The van der Waals surface area contributed by atoms with Gasteiger partial charge in [0.05, 0.1) is 15.3 Å². The quantitative estimate of drug-likeness (QED) is 0.712. The first-order chi connectivity index (χ1) is 11.4. The van der Waals surface area contributed by atoms with Gasteiger partial charge in [-0.1, -0.05) is 0 Å². The minimum atomic E-state index is -2.84. The fourth-order valence-corrected chi connectivity index (χ4v) is 6.74. The van der Waals surface area contributed by atoms with E-state index < -0.39 is 9.84 Å². The van der Waals surface area contributed by atoms with E-state index in [-0.39, 0.29) is 17.7 Å². The average molecular weight is 435 g/mol. The molecule has 3 rings (SSSR count). The molecule has 1 aromatic heterocycles. The number of thiophene rings is 1. The van der Waals surface area contributed by atoms with Crippen LogP contribution in [0.15, 0.2) is 15.9 Å². The molecule has 1 unspecified atom stereocenters. The Morgan fingerprint density at radius 3 is 2.58 bits per heavy atom. The molecule has 1 aromatic rings. The van der Waals surface area contributed by atoms with Crippen molar-refractivity contribution in [2.75, 3.05) is 37.7 Å². The van der Waals surface area contributed by atoms with Crippen molar-refractivity contribution >= 4 is 43.0 Å². The molecule has 0 aliphatic carbocycles. The molecule has 2 aliphatic heterocycles. The third-order valence-corrected chi connectivity index (χ3v) is 8.27. The summed E-state index contributed by atoms with van der Waals surface area (Å²) in [6.07, 6.45) is 3.16. The number of halogens is 1. The summed E-state index contributed by atoms with van der Waals surface area (Å²) in [4.78, 5) is 17.8. The molecule has 0 spiro atoms. The molecular weight excluding hydrogens is 412 g/mol. The Hall–Kier alpha value is -0.440. The van der Waals surface area contributed by atoms with Gasteiger partial charge in [-0.2, -0.15) is 0 Å². The van der Waals surface area contributed by atoms with Crippen molar-refractivity contribution in [3.8, 4) is 0 Å². The summed E-state index contributed by atoms with van der Waals surface area (Å²) in [5.74, 6) is 0.830. The third kappa shape index (κ3) is 4.80. The molecule has 5 nitrogen and oxygen atoms in total. The van der Waals surface area contributed by atoms with Crippen LogP contribution < -0.4 is 0 Å². The van der Waals surface area contributed by atoms with E-state index in [0.29, 0.717) is 12.2 Å². The summed E-state index contributed by atoms with van der Waals surface area (Å²) < 4.78 is 24.3. The van der Waals surface area contributed by atoms with Gasteiger partial charge in [0.25, 0.3) is 0 Å². The fourth-order valence-electron chi connectivity index (χ4n) is 3.46. The number of rotatable bonds is 5. The van der Waals surface area contributed by atoms with E-state index in [1.54, 1.807) is 11.3 Å². The lowest BCUT2D eigenvalue weighted by Gasteiger charge is -2.37. The third-order valence-electron chi connectivity index (χ3n) is 4.83. The number of carbonyl (C=O) groups excluding carboxylic acids is 1. The standard InChI is InChI=1S/C16H23BrN2O3S2/c17-15-5-4-14(23-15)2-1-3-16(20)19-9-7-18(8-10-19)13-6-11-24(21,22)12-13/h4-5,13H,1-3,6-12H2. The summed E-state index contributed by atoms with van der Waals surface area (Å²) >= 11 is 5.18. The van der Waals surface area contributed by atoms with E-state index in [4.69, 9.17) is 0 Å². The highest BCUT2D eigenvalue weighted by atomic mass is 79.9. The maximum absolute atomic E-state index is 12.3. The molecule has 2 aliphatic rings. The van der Waals surface area contributed by atoms with Crippen LogP contribution in [0.1, 0.15) is 24.1 Å². The van der Waals surface area contributed by atoms with Crippen LogP contribution in [-0.4, -0.2) is 67.9 Å². The van der Waals surface area contributed by atoms with Crippen LogP contribution in [0.4, 0.5) is 0 Å². The highest BCUT2D eigenvalue weighted by molar-refractivity contribution is 9.11. The van der Waals surface area contributed by atoms with Crippen LogP contribution in [0.2, 0.25) is 0 Å². The van der Waals surface area contributed by atoms with Crippen molar-refractivity contribution < 1.29 is 13.2 Å². The molecule has 2 fully saturated rings. The van der Waals surface area contributed by atoms with Gasteiger partial charge in [0.15, 0.2) is 9.84 Å². The Labute approximate surface area is 156 Å². The van der Waals surface area contributed by atoms with Gasteiger partial charge in [-0.15, -0.1) is 11.3 Å². The first-order valence-corrected chi connectivity index (χ1v) is 11.8. The van der Waals surface area contributed by atoms with Crippen molar-refractivity contribution in [3.63, 3.8) is 0 Å². The molecule has 24 heavy (non-hydrogen) atoms. The molecule has 1 amide bonds. The summed E-state index contributed by atoms with van der Waals surface area (Å²) in [7, 11) is -2.84. The van der Waals surface area contributed by atoms with Crippen molar-refractivity contribution in [3.05, 3.63) is 20.8 Å². The van der Waals surface area contributed by atoms with E-state index in [0.717, 1.165) is 49.2 Å². The lowest BCUT2D eigenvalue weighted by Crippen LogP contribution is -2.52. The number of piperazine rings is 1. The minimum Gasteiger partial charge on any atom is -0.340 e. The zero-order chi connectivity index (χ0) is 17.2. The Kier molecular flexibility index (Phi) is 6.00. The van der Waals surface area contributed by atoms with E-state index in [1.807, 2.05) is 11.0 Å². The number of hydrogen-bond donors (Lipinski definition) is 0. The SMILES string of the molecule is O=C(CCCc1ccc(Br)s1)N1CCN(C2CCS(=O)(=O)C2)CC1. The Morgan fingerprint density at radius 1 is 1.25 bits per heavy atom. The van der Waals surface area contributed by atoms with Crippen LogP contribution >= 0.6 is 27.3 Å². The lowest BCUT2D eigenvalue weighted by atomic mass is 10.1. The normalized spacial score (nSPS) is 24.4. The zero-order valence-electron chi connectivity index (χ0n) is 13.6. The second-order valence-corrected chi connectivity index (χ2v) is 11.3. The van der Waals surface area contributed by atoms with E-state index in [9.17, 15) is 13.2 Å². The molecular formula is C16H23BrN2O3S2. The van der Waals surface area contributed by atoms with Crippen molar-refractivity contribution in [2.45, 2.75) is 31.7 Å². The summed E-state index contributed by atoms with van der Waals surface area (Å²) in [5.41, 5.74) is 0. The van der Waals surface area contributed by atoms with E-state index >= 15 is 0 Å². The first kappa shape index (κ1) is 18.4. The number of aryl methyl sites for hydroxylation is 1. The number of nitrogens with zero attached hydrogens (tertiary/aromatic N) is 2. The summed E-state index contributed by atoms with van der Waals surface area (Å²) in [6, 6.07) is 4.31. The van der Waals surface area contributed by atoms with Crippen LogP contribution in [0.25, 0.3) is 0 Å². The Morgan fingerprint density at radius 2 is 2.00 bits per heavy atom. The topological polar surface area (TPSA) is 57.7 Å². The molecule has 0 N–H and O–H groups in total. The molecule has 8 heteroatoms. The van der Waals surface area contributed by atoms with Crippen LogP contribution in [0, 0.1) is 0 Å². The molecule has 134 valence electrons. The fraction of sp³-hybridized carbons (Fsp3) is 0.688. The second kappa shape index (κ2) is 7.85. The van der Waals surface area contributed by atoms with Crippen molar-refractivity contribution in [1.29, 1.82) is 0 Å². The van der Waals surface area contributed by atoms with Gasteiger partial charge in [-0.25, -0.2) is 8.42 Å². The van der Waals surface area contributed by atoms with Gasteiger partial charge in [0.1, 0.15) is 0 Å². The van der Waals surface area contributed by atoms with E-state index in [2.05, 4.69) is 26.9 Å². The average Bonchev–Trinajstić information content (AvgIpc) is 3.13. The second-order valence-electron chi connectivity index (χ2n) is 6.53. The number of hydrogen-bond acceptors (Lipinski definition) is 5. The predicted molar refractivity (Wildman–Crippen MR) is 100 cm³/mol. The maximum Gasteiger partial charge on any atom is 0.222 e. The van der Waals surface area contributed by atoms with Crippen LogP contribution in [0.3, 0.4) is 0 Å². The van der Waals surface area contributed by atoms with Gasteiger partial charge in [0.2, 0.25) is 5.91 Å². The molecule has 0 saturated carbocycles. The molecule has 0 bridgehead atoms. The number of amides is 1. The van der Waals surface area contributed by atoms with E-state index in [1.165, 1.54) is 4.88 Å². The number of carbonyl (C=O) groups is 1. The van der Waals surface area contributed by atoms with Gasteiger partial charge >= 0.3 is 0 Å². The molecule has 0 radical (unpaired) electrons. The Bertz CT molecular complexity index is 681. The molecule has 2 saturated heterocycles. The smallest absolute Gasteiger partial charge is 0.222 e. The van der Waals surface area contributed by atoms with Gasteiger partial charge in [0, 0.05) is 43.5 Å². The molecule has 0 aromatic carbocycles. The highest BCUT2D eigenvalue weighted by Gasteiger charge is 2.34. The maximum atomic E-state index is 12.3. The van der Waals surface area contributed by atoms with Gasteiger partial charge in [-0.3, -0.25) is 9.69 Å². The zero-order valence-corrected chi connectivity index (χ0v) is 16.8. The van der Waals surface area contributed by atoms with Crippen LogP contribution in [-0.2, 0) is 21.1 Å². The van der Waals surface area contributed by atoms with Crippen molar-refractivity contribution in [1.82, 2.24) is 9.80 Å². The summed E-state index contributed by atoms with van der Waals surface area (Å²) in [5, 5.41) is 0. The van der Waals surface area contributed by atoms with Gasteiger partial charge < -0.3 is 4.90 Å². The Balaban J connectivity index is 1.39. The monoisotopic (exact) mass is 434 g/mol. The highest BCUT2D eigenvalue weighted by Crippen LogP contribution is 2.24. The number of sulfone groups is 1. The largest absolute Gasteiger partial charge is 0.340 e. The first-order valence-electron chi connectivity index (χ1n) is 8.39.